The number of nitro benzene ring substituents is 4. The number of nitrogens with one attached hydrogen (secondary N) is 2. The molecule has 0 atom stereocenters. The van der Waals surface area contributed by atoms with Gasteiger partial charge in [0.15, 0.2) is 0 Å². The van der Waals surface area contributed by atoms with Crippen LogP contribution in [0.1, 0.15) is 22.3 Å². The second-order valence-electron chi connectivity index (χ2n) is 11.0. The van der Waals surface area contributed by atoms with E-state index in [-0.39, 0.29) is 22.7 Å². The fraction of sp³-hybridized carbons (Fsp3) is 0. The van der Waals surface area contributed by atoms with E-state index in [2.05, 4.69) is 21.1 Å². The molecule has 0 heterocycles. The maximum absolute atomic E-state index is 11.3. The van der Waals surface area contributed by atoms with E-state index in [0.717, 1.165) is 34.4 Å². The van der Waals surface area contributed by atoms with E-state index < -0.39 is 31.1 Å². The monoisotopic (exact) mass is 724 g/mol. The lowest BCUT2D eigenvalue weighted by Crippen LogP contribution is -2.07. The average molecular weight is 725 g/mol. The van der Waals surface area contributed by atoms with Crippen LogP contribution in [0.4, 0.5) is 34.1 Å². The van der Waals surface area contributed by atoms with Crippen molar-refractivity contribution >= 4 is 45.5 Å². The number of hydrazone groups is 2. The van der Waals surface area contributed by atoms with Crippen LogP contribution in [-0.4, -0.2) is 31.1 Å². The molecule has 2 N–H and O–H groups in total. The molecule has 6 aromatic carbocycles. The van der Waals surface area contributed by atoms with Gasteiger partial charge in [-0.1, -0.05) is 121 Å². The standard InChI is InChI=1S/2C19H14N4O4/c2*24-22(25)16-11-12-17(18(13-16)23(26)27)20-21-19(14-7-3-1-4-8-14)15-9-5-2-6-10-15/h2*1-13,20H. The summed E-state index contributed by atoms with van der Waals surface area (Å²) in [7, 11) is 0. The molecule has 0 unspecified atom stereocenters. The highest BCUT2D eigenvalue weighted by atomic mass is 16.6. The van der Waals surface area contributed by atoms with Gasteiger partial charge in [0.1, 0.15) is 11.4 Å². The molecule has 0 saturated heterocycles. The second-order valence-corrected chi connectivity index (χ2v) is 11.0. The largest absolute Gasteiger partial charge is 0.301 e. The van der Waals surface area contributed by atoms with Crippen molar-refractivity contribution in [3.05, 3.63) is 220 Å². The Morgan fingerprint density at radius 3 is 0.907 bits per heavy atom. The van der Waals surface area contributed by atoms with Crippen molar-refractivity contribution in [2.75, 3.05) is 10.9 Å². The molecular weight excluding hydrogens is 696 g/mol. The number of anilines is 2. The minimum Gasteiger partial charge on any atom is -0.271 e. The number of rotatable bonds is 12. The van der Waals surface area contributed by atoms with E-state index >= 15 is 0 Å². The van der Waals surface area contributed by atoms with Gasteiger partial charge in [0, 0.05) is 34.4 Å². The average Bonchev–Trinajstić information content (AvgIpc) is 3.20. The first-order chi connectivity index (χ1) is 26.1. The Balaban J connectivity index is 0.000000208. The van der Waals surface area contributed by atoms with Crippen molar-refractivity contribution in [3.8, 4) is 0 Å². The maximum atomic E-state index is 11.3. The van der Waals surface area contributed by atoms with Crippen molar-refractivity contribution in [1.29, 1.82) is 0 Å². The van der Waals surface area contributed by atoms with E-state index in [4.69, 9.17) is 0 Å². The second kappa shape index (κ2) is 17.7. The predicted octanol–water partition coefficient (Wildman–Crippen LogP) is 8.74. The molecule has 0 aliphatic carbocycles. The van der Waals surface area contributed by atoms with Crippen molar-refractivity contribution in [2.24, 2.45) is 10.2 Å². The molecule has 0 fully saturated rings. The zero-order valence-electron chi connectivity index (χ0n) is 28.0. The molecule has 0 aromatic heterocycles. The smallest absolute Gasteiger partial charge is 0.271 e. The molecule has 0 aliphatic rings. The summed E-state index contributed by atoms with van der Waals surface area (Å²) >= 11 is 0. The molecule has 0 bridgehead atoms. The summed E-state index contributed by atoms with van der Waals surface area (Å²) in [5.41, 5.74) is 8.38. The lowest BCUT2D eigenvalue weighted by Gasteiger charge is -2.09. The van der Waals surface area contributed by atoms with Gasteiger partial charge in [-0.25, -0.2) is 0 Å². The molecule has 0 amide bonds. The number of hydrogen-bond acceptors (Lipinski definition) is 12. The van der Waals surface area contributed by atoms with Gasteiger partial charge in [-0.2, -0.15) is 10.2 Å². The summed E-state index contributed by atoms with van der Waals surface area (Å²) in [6, 6.07) is 44.1. The van der Waals surface area contributed by atoms with Gasteiger partial charge in [0.05, 0.1) is 43.2 Å². The number of benzene rings is 6. The minimum absolute atomic E-state index is 0.0648. The highest BCUT2D eigenvalue weighted by Crippen LogP contribution is 2.30. The van der Waals surface area contributed by atoms with Crippen LogP contribution in [0.2, 0.25) is 0 Å². The molecule has 0 spiro atoms. The van der Waals surface area contributed by atoms with Crippen molar-refractivity contribution in [2.45, 2.75) is 0 Å². The molecule has 16 heteroatoms. The van der Waals surface area contributed by atoms with Gasteiger partial charge in [0.25, 0.3) is 11.4 Å². The molecule has 6 rings (SSSR count). The van der Waals surface area contributed by atoms with E-state index in [1.54, 1.807) is 0 Å². The Bertz CT molecular complexity index is 2090. The van der Waals surface area contributed by atoms with Crippen LogP contribution in [-0.2, 0) is 0 Å². The first-order valence-electron chi connectivity index (χ1n) is 15.9. The normalized spacial score (nSPS) is 10.1. The van der Waals surface area contributed by atoms with Crippen LogP contribution in [0.25, 0.3) is 0 Å². The molecule has 268 valence electrons. The third-order valence-electron chi connectivity index (χ3n) is 7.54. The summed E-state index contributed by atoms with van der Waals surface area (Å²) in [5, 5.41) is 53.0. The lowest BCUT2D eigenvalue weighted by molar-refractivity contribution is -0.393. The number of nitrogens with zero attached hydrogens (tertiary/aromatic N) is 6. The van der Waals surface area contributed by atoms with E-state index in [1.165, 1.54) is 24.3 Å². The van der Waals surface area contributed by atoms with Gasteiger partial charge in [-0.15, -0.1) is 0 Å². The molecule has 54 heavy (non-hydrogen) atoms. The fourth-order valence-corrected chi connectivity index (χ4v) is 4.97. The molecule has 0 saturated carbocycles. The molecular formula is C38H28N8O8. The first kappa shape index (κ1) is 37.1. The highest BCUT2D eigenvalue weighted by molar-refractivity contribution is 6.13. The van der Waals surface area contributed by atoms with Crippen LogP contribution in [0, 0.1) is 40.5 Å². The SMILES string of the molecule is O=[N+]([O-])c1ccc(NN=C(c2ccccc2)c2ccccc2)c([N+](=O)[O-])c1.O=[N+]([O-])c1ccc(NN=C(c2ccccc2)c2ccccc2)c([N+](=O)[O-])c1. The minimum atomic E-state index is -0.685. The molecule has 6 aromatic rings. The van der Waals surface area contributed by atoms with Crippen molar-refractivity contribution in [1.82, 2.24) is 0 Å². The van der Waals surface area contributed by atoms with Gasteiger partial charge >= 0.3 is 11.4 Å². The quantitative estimate of drug-likeness (QED) is 0.0693. The number of non-ortho nitro benzene ring substituents is 2. The topological polar surface area (TPSA) is 221 Å². The van der Waals surface area contributed by atoms with Crippen molar-refractivity contribution in [3.63, 3.8) is 0 Å². The maximum Gasteiger partial charge on any atom is 0.301 e. The Hall–Kier alpha value is -8.14. The summed E-state index contributed by atoms with van der Waals surface area (Å²) < 4.78 is 0. The van der Waals surface area contributed by atoms with Gasteiger partial charge in [-0.3, -0.25) is 51.3 Å². The summed E-state index contributed by atoms with van der Waals surface area (Å²) in [4.78, 5) is 41.5. The van der Waals surface area contributed by atoms with Crippen LogP contribution in [0.15, 0.2) is 168 Å². The Kier molecular flexibility index (Phi) is 12.2. The van der Waals surface area contributed by atoms with E-state index in [0.29, 0.717) is 11.4 Å². The summed E-state index contributed by atoms with van der Waals surface area (Å²) in [6.45, 7) is 0. The molecule has 16 nitrogen and oxygen atoms in total. The number of hydrogen-bond donors (Lipinski definition) is 2. The van der Waals surface area contributed by atoms with Crippen LogP contribution in [0.5, 0.6) is 0 Å². The van der Waals surface area contributed by atoms with Crippen LogP contribution in [0.3, 0.4) is 0 Å². The Labute approximate surface area is 306 Å². The zero-order valence-corrected chi connectivity index (χ0v) is 28.0. The predicted molar refractivity (Wildman–Crippen MR) is 204 cm³/mol. The first-order valence-corrected chi connectivity index (χ1v) is 15.9. The fourth-order valence-electron chi connectivity index (χ4n) is 4.97. The Morgan fingerprint density at radius 2 is 0.667 bits per heavy atom. The van der Waals surface area contributed by atoms with Crippen LogP contribution < -0.4 is 10.9 Å². The zero-order chi connectivity index (χ0) is 38.5. The third kappa shape index (κ3) is 9.55. The van der Waals surface area contributed by atoms with Gasteiger partial charge < -0.3 is 0 Å². The highest BCUT2D eigenvalue weighted by Gasteiger charge is 2.21. The van der Waals surface area contributed by atoms with Crippen molar-refractivity contribution < 1.29 is 19.7 Å². The van der Waals surface area contributed by atoms with Gasteiger partial charge in [-0.05, 0) is 12.1 Å². The van der Waals surface area contributed by atoms with E-state index in [1.807, 2.05) is 121 Å². The van der Waals surface area contributed by atoms with Crippen LogP contribution >= 0.6 is 0 Å². The summed E-state index contributed by atoms with van der Waals surface area (Å²) in [6.07, 6.45) is 0. The van der Waals surface area contributed by atoms with Gasteiger partial charge in [0.2, 0.25) is 0 Å². The summed E-state index contributed by atoms with van der Waals surface area (Å²) in [5.74, 6) is 0. The lowest BCUT2D eigenvalue weighted by atomic mass is 10.0. The molecule has 0 aliphatic heterocycles. The molecule has 0 radical (unpaired) electrons. The Morgan fingerprint density at radius 1 is 0.389 bits per heavy atom. The number of nitro groups is 4. The third-order valence-corrected chi connectivity index (χ3v) is 7.54. The van der Waals surface area contributed by atoms with E-state index in [9.17, 15) is 40.5 Å².